The van der Waals surface area contributed by atoms with Crippen LogP contribution in [0.3, 0.4) is 0 Å². The third-order valence-corrected chi connectivity index (χ3v) is 10.0. The standard InChI is InChI=1S/C30H32Cl2N2O5/c1-16(35)15-34-11-10-30-20-6-8-23(33(3)26(37)13-18-4-7-21(31)22(32)12-18)29(30)39-28-25(38-17(2)36)9-5-19(27(28)30)14-24(20)34/h4-5,7,9,12,20,23-24,29H,6,8,10-11,13-15H2,1-3H3/t20-,23-,24+,29-,30-/m0/s1. The lowest BCUT2D eigenvalue weighted by atomic mass is 9.51. The van der Waals surface area contributed by atoms with Crippen LogP contribution in [0, 0.1) is 5.92 Å². The van der Waals surface area contributed by atoms with E-state index in [-0.39, 0.29) is 47.6 Å². The Bertz CT molecular complexity index is 1380. The lowest BCUT2D eigenvalue weighted by Gasteiger charge is -2.60. The molecule has 5 atom stereocenters. The Morgan fingerprint density at radius 1 is 1.13 bits per heavy atom. The number of likely N-dealkylation sites (tertiary alicyclic amines) is 1. The molecule has 2 aromatic rings. The Hall–Kier alpha value is -2.61. The number of likely N-dealkylation sites (N-methyl/N-ethyl adjacent to an activating group) is 1. The number of carbonyl (C=O) groups excluding carboxylic acids is 3. The number of amides is 1. The summed E-state index contributed by atoms with van der Waals surface area (Å²) in [5, 5.41) is 0.882. The van der Waals surface area contributed by atoms with Gasteiger partial charge in [0.05, 0.1) is 29.1 Å². The second-order valence-corrected chi connectivity index (χ2v) is 12.3. The molecule has 1 saturated carbocycles. The van der Waals surface area contributed by atoms with E-state index in [0.717, 1.165) is 43.4 Å². The van der Waals surface area contributed by atoms with Crippen LogP contribution in [-0.4, -0.2) is 65.8 Å². The summed E-state index contributed by atoms with van der Waals surface area (Å²) >= 11 is 12.3. The topological polar surface area (TPSA) is 76.2 Å². The summed E-state index contributed by atoms with van der Waals surface area (Å²) in [6, 6.07) is 9.22. The molecule has 6 rings (SSSR count). The molecule has 1 amide bonds. The smallest absolute Gasteiger partial charge is 0.308 e. The van der Waals surface area contributed by atoms with Gasteiger partial charge in [-0.25, -0.2) is 0 Å². The molecule has 2 fully saturated rings. The van der Waals surface area contributed by atoms with Gasteiger partial charge in [-0.05, 0) is 74.4 Å². The van der Waals surface area contributed by atoms with Crippen molar-refractivity contribution in [2.45, 2.75) is 69.6 Å². The van der Waals surface area contributed by atoms with Crippen LogP contribution in [0.2, 0.25) is 10.0 Å². The van der Waals surface area contributed by atoms with E-state index in [1.807, 2.05) is 30.1 Å². The number of ketones is 1. The fourth-order valence-electron chi connectivity index (χ4n) is 7.84. The van der Waals surface area contributed by atoms with Gasteiger partial charge in [0.1, 0.15) is 11.9 Å². The highest BCUT2D eigenvalue weighted by Gasteiger charge is 2.66. The molecule has 4 aliphatic rings. The molecule has 0 radical (unpaired) electrons. The number of esters is 1. The molecule has 1 spiro atoms. The zero-order valence-electron chi connectivity index (χ0n) is 22.3. The first kappa shape index (κ1) is 26.6. The molecular formula is C30H32Cl2N2O5. The predicted molar refractivity (Wildman–Crippen MR) is 148 cm³/mol. The van der Waals surface area contributed by atoms with E-state index >= 15 is 0 Å². The van der Waals surface area contributed by atoms with Crippen molar-refractivity contribution in [1.29, 1.82) is 0 Å². The van der Waals surface area contributed by atoms with Crippen molar-refractivity contribution >= 4 is 40.9 Å². The van der Waals surface area contributed by atoms with Crippen LogP contribution in [0.5, 0.6) is 11.5 Å². The molecule has 39 heavy (non-hydrogen) atoms. The molecule has 2 heterocycles. The maximum atomic E-state index is 13.6. The van der Waals surface area contributed by atoms with Gasteiger partial charge in [-0.2, -0.15) is 0 Å². The van der Waals surface area contributed by atoms with E-state index in [0.29, 0.717) is 28.1 Å². The average molecular weight is 572 g/mol. The van der Waals surface area contributed by atoms with Crippen LogP contribution in [0.1, 0.15) is 49.8 Å². The maximum Gasteiger partial charge on any atom is 0.308 e. The van der Waals surface area contributed by atoms with Gasteiger partial charge < -0.3 is 14.4 Å². The number of hydrogen-bond donors (Lipinski definition) is 0. The number of carbonyl (C=O) groups is 3. The van der Waals surface area contributed by atoms with Gasteiger partial charge in [0.15, 0.2) is 11.5 Å². The first-order valence-corrected chi connectivity index (χ1v) is 14.3. The second kappa shape index (κ2) is 9.79. The van der Waals surface area contributed by atoms with Gasteiger partial charge in [0.25, 0.3) is 0 Å². The minimum atomic E-state index is -0.394. The van der Waals surface area contributed by atoms with Crippen molar-refractivity contribution in [3.05, 3.63) is 57.1 Å². The van der Waals surface area contributed by atoms with Crippen LogP contribution >= 0.6 is 23.2 Å². The third kappa shape index (κ3) is 4.25. The summed E-state index contributed by atoms with van der Waals surface area (Å²) in [5.41, 5.74) is 2.82. The lowest BCUT2D eigenvalue weighted by molar-refractivity contribution is -0.140. The minimum Gasteiger partial charge on any atom is -0.483 e. The van der Waals surface area contributed by atoms with Crippen molar-refractivity contribution in [2.24, 2.45) is 5.92 Å². The minimum absolute atomic E-state index is 0.0189. The SMILES string of the molecule is CC(=O)CN1CC[C@]23c4c5ccc(OC(C)=O)c4O[C@H]2[C@@H](N(C)C(=O)Cc2ccc(Cl)c(Cl)c2)CC[C@H]3[C@H]1C5. The van der Waals surface area contributed by atoms with Crippen LogP contribution in [0.4, 0.5) is 0 Å². The molecule has 0 N–H and O–H groups in total. The molecule has 7 nitrogen and oxygen atoms in total. The molecule has 206 valence electrons. The van der Waals surface area contributed by atoms with Gasteiger partial charge in [-0.1, -0.05) is 35.3 Å². The van der Waals surface area contributed by atoms with E-state index in [2.05, 4.69) is 4.90 Å². The number of hydrogen-bond acceptors (Lipinski definition) is 6. The number of benzene rings is 2. The van der Waals surface area contributed by atoms with E-state index < -0.39 is 5.97 Å². The largest absolute Gasteiger partial charge is 0.483 e. The van der Waals surface area contributed by atoms with Crippen LogP contribution in [-0.2, 0) is 32.6 Å². The lowest BCUT2D eigenvalue weighted by Crippen LogP contribution is -2.69. The van der Waals surface area contributed by atoms with E-state index in [1.54, 1.807) is 19.1 Å². The van der Waals surface area contributed by atoms with E-state index in [1.165, 1.54) is 12.5 Å². The van der Waals surface area contributed by atoms with Crippen molar-refractivity contribution in [1.82, 2.24) is 9.80 Å². The zero-order valence-corrected chi connectivity index (χ0v) is 23.8. The molecule has 0 unspecified atom stereocenters. The molecule has 0 aromatic heterocycles. The summed E-state index contributed by atoms with van der Waals surface area (Å²) in [6.45, 7) is 4.27. The van der Waals surface area contributed by atoms with Crippen molar-refractivity contribution in [3.63, 3.8) is 0 Å². The number of rotatable bonds is 6. The van der Waals surface area contributed by atoms with Crippen molar-refractivity contribution in [3.8, 4) is 11.5 Å². The fraction of sp³-hybridized carbons (Fsp3) is 0.500. The van der Waals surface area contributed by atoms with Gasteiger partial charge >= 0.3 is 5.97 Å². The molecule has 2 bridgehead atoms. The summed E-state index contributed by atoms with van der Waals surface area (Å²) in [4.78, 5) is 41.8. The molecular weight excluding hydrogens is 539 g/mol. The van der Waals surface area contributed by atoms with E-state index in [9.17, 15) is 14.4 Å². The van der Waals surface area contributed by atoms with Gasteiger partial charge in [0, 0.05) is 31.0 Å². The van der Waals surface area contributed by atoms with Crippen LogP contribution in [0.25, 0.3) is 0 Å². The van der Waals surface area contributed by atoms with Crippen molar-refractivity contribution < 1.29 is 23.9 Å². The van der Waals surface area contributed by atoms with Gasteiger partial charge in [-0.3, -0.25) is 19.3 Å². The molecule has 1 saturated heterocycles. The average Bonchev–Trinajstić information content (AvgIpc) is 3.23. The highest BCUT2D eigenvalue weighted by atomic mass is 35.5. The highest BCUT2D eigenvalue weighted by molar-refractivity contribution is 6.42. The van der Waals surface area contributed by atoms with Gasteiger partial charge in [0.2, 0.25) is 5.91 Å². The third-order valence-electron chi connectivity index (χ3n) is 9.30. The molecule has 9 heteroatoms. The molecule has 2 aliphatic heterocycles. The Morgan fingerprint density at radius 3 is 2.64 bits per heavy atom. The quantitative estimate of drug-likeness (QED) is 0.372. The summed E-state index contributed by atoms with van der Waals surface area (Å²) in [5.74, 6) is 1.13. The summed E-state index contributed by atoms with van der Waals surface area (Å²) < 4.78 is 12.4. The first-order valence-electron chi connectivity index (χ1n) is 13.5. The Balaban J connectivity index is 1.37. The predicted octanol–water partition coefficient (Wildman–Crippen LogP) is 4.62. The molecule has 2 aromatic carbocycles. The number of piperidine rings is 1. The summed E-state index contributed by atoms with van der Waals surface area (Å²) in [7, 11) is 1.85. The Kier molecular flexibility index (Phi) is 6.68. The highest BCUT2D eigenvalue weighted by Crippen LogP contribution is 2.64. The van der Waals surface area contributed by atoms with Crippen LogP contribution < -0.4 is 9.47 Å². The second-order valence-electron chi connectivity index (χ2n) is 11.5. The van der Waals surface area contributed by atoms with Crippen molar-refractivity contribution in [2.75, 3.05) is 20.1 Å². The Morgan fingerprint density at radius 2 is 1.92 bits per heavy atom. The van der Waals surface area contributed by atoms with Gasteiger partial charge in [-0.15, -0.1) is 0 Å². The summed E-state index contributed by atoms with van der Waals surface area (Å²) in [6.07, 6.45) is 3.30. The number of ether oxygens (including phenoxy) is 2. The van der Waals surface area contributed by atoms with E-state index in [4.69, 9.17) is 32.7 Å². The maximum absolute atomic E-state index is 13.6. The fourth-order valence-corrected chi connectivity index (χ4v) is 8.16. The zero-order chi connectivity index (χ0) is 27.6. The normalized spacial score (nSPS) is 28.3. The number of Topliss-reactive ketones (excluding diaryl/α,β-unsaturated/α-hetero) is 1. The first-order chi connectivity index (χ1) is 18.6. The monoisotopic (exact) mass is 570 g/mol. The number of nitrogens with zero attached hydrogens (tertiary/aromatic N) is 2. The number of halogens is 2. The Labute approximate surface area is 238 Å². The van der Waals surface area contributed by atoms with Crippen LogP contribution in [0.15, 0.2) is 30.3 Å². The molecule has 2 aliphatic carbocycles.